The van der Waals surface area contributed by atoms with Gasteiger partial charge in [-0.25, -0.2) is 9.97 Å². The lowest BCUT2D eigenvalue weighted by Crippen LogP contribution is -2.08. The Hall–Kier alpha value is -2.61. The first-order chi connectivity index (χ1) is 12.2. The Morgan fingerprint density at radius 2 is 1.60 bits per heavy atom. The first-order valence-electron chi connectivity index (χ1n) is 7.47. The number of carbonyl (C=O) groups is 1. The van der Waals surface area contributed by atoms with Gasteiger partial charge in [0.1, 0.15) is 10.2 Å². The summed E-state index contributed by atoms with van der Waals surface area (Å²) < 4.78 is 0. The average Bonchev–Trinajstić information content (AvgIpc) is 2.67. The monoisotopic (exact) mass is 364 g/mol. The average molecular weight is 365 g/mol. The Labute approximate surface area is 155 Å². The lowest BCUT2D eigenvalue weighted by molar-refractivity contribution is 0.103. The Kier molecular flexibility index (Phi) is 5.49. The van der Waals surface area contributed by atoms with E-state index in [1.54, 1.807) is 24.3 Å². The molecular formula is C20H13ClN2OS. The highest BCUT2D eigenvalue weighted by Gasteiger charge is 2.20. The van der Waals surface area contributed by atoms with Crippen LogP contribution >= 0.6 is 23.4 Å². The minimum atomic E-state index is -0.197. The van der Waals surface area contributed by atoms with Crippen molar-refractivity contribution in [2.45, 2.75) is 5.03 Å². The first-order valence-corrected chi connectivity index (χ1v) is 9.07. The molecule has 0 spiro atoms. The third kappa shape index (κ3) is 4.08. The molecule has 0 unspecified atom stereocenters. The summed E-state index contributed by atoms with van der Waals surface area (Å²) in [4.78, 5) is 21.3. The molecule has 0 aliphatic rings. The van der Waals surface area contributed by atoms with E-state index in [-0.39, 0.29) is 10.9 Å². The van der Waals surface area contributed by atoms with Crippen molar-refractivity contribution < 1.29 is 4.79 Å². The van der Waals surface area contributed by atoms with E-state index in [4.69, 9.17) is 11.6 Å². The second kappa shape index (κ2) is 7.98. The highest BCUT2D eigenvalue weighted by atomic mass is 35.5. The predicted molar refractivity (Wildman–Crippen MR) is 101 cm³/mol. The lowest BCUT2D eigenvalue weighted by Gasteiger charge is -2.08. The topological polar surface area (TPSA) is 42.9 Å². The fourth-order valence-corrected chi connectivity index (χ4v) is 3.07. The van der Waals surface area contributed by atoms with Gasteiger partial charge in [0, 0.05) is 11.1 Å². The normalized spacial score (nSPS) is 10.0. The van der Waals surface area contributed by atoms with E-state index in [1.165, 1.54) is 11.8 Å². The van der Waals surface area contributed by atoms with Crippen molar-refractivity contribution in [3.05, 3.63) is 88.3 Å². The number of aromatic nitrogens is 2. The first kappa shape index (κ1) is 17.2. The number of halogens is 1. The molecule has 3 aromatic rings. The molecule has 0 fully saturated rings. The second-order valence-corrected chi connectivity index (χ2v) is 6.19. The molecule has 25 heavy (non-hydrogen) atoms. The molecule has 2 aromatic carbocycles. The van der Waals surface area contributed by atoms with Crippen LogP contribution in [0.25, 0.3) is 0 Å². The van der Waals surface area contributed by atoms with Crippen molar-refractivity contribution in [3.8, 4) is 11.8 Å². The van der Waals surface area contributed by atoms with Gasteiger partial charge in [-0.15, -0.1) is 11.8 Å². The van der Waals surface area contributed by atoms with Gasteiger partial charge in [0.05, 0.1) is 5.56 Å². The number of carbonyl (C=O) groups excluding carboxylic acids is 1. The standard InChI is InChI=1S/C20H13ClN2OS/c1-25-20-17(18(24)15-10-6-3-7-11-15)19(21)22-16(23-20)13-12-14-8-4-2-5-9-14/h2-11H,1H3. The highest BCUT2D eigenvalue weighted by molar-refractivity contribution is 7.98. The Balaban J connectivity index is 2.00. The van der Waals surface area contributed by atoms with Crippen LogP contribution in [0.2, 0.25) is 5.15 Å². The number of thioether (sulfide) groups is 1. The van der Waals surface area contributed by atoms with E-state index in [9.17, 15) is 4.79 Å². The van der Waals surface area contributed by atoms with Gasteiger partial charge in [-0.1, -0.05) is 66.1 Å². The molecule has 1 aromatic heterocycles. The van der Waals surface area contributed by atoms with Crippen molar-refractivity contribution >= 4 is 29.1 Å². The van der Waals surface area contributed by atoms with E-state index in [0.717, 1.165) is 5.56 Å². The maximum absolute atomic E-state index is 12.7. The van der Waals surface area contributed by atoms with Crippen LogP contribution in [0.15, 0.2) is 65.7 Å². The summed E-state index contributed by atoms with van der Waals surface area (Å²) in [5.41, 5.74) is 1.72. The van der Waals surface area contributed by atoms with Crippen molar-refractivity contribution in [2.24, 2.45) is 0 Å². The van der Waals surface area contributed by atoms with Gasteiger partial charge in [0.25, 0.3) is 0 Å². The van der Waals surface area contributed by atoms with Gasteiger partial charge in [0.15, 0.2) is 5.78 Å². The van der Waals surface area contributed by atoms with Crippen molar-refractivity contribution in [1.82, 2.24) is 9.97 Å². The summed E-state index contributed by atoms with van der Waals surface area (Å²) >= 11 is 7.63. The van der Waals surface area contributed by atoms with Crippen LogP contribution in [0, 0.1) is 11.8 Å². The van der Waals surface area contributed by atoms with Gasteiger partial charge in [-0.3, -0.25) is 4.79 Å². The van der Waals surface area contributed by atoms with E-state index < -0.39 is 0 Å². The highest BCUT2D eigenvalue weighted by Crippen LogP contribution is 2.26. The molecular weight excluding hydrogens is 352 g/mol. The number of rotatable bonds is 3. The van der Waals surface area contributed by atoms with E-state index >= 15 is 0 Å². The van der Waals surface area contributed by atoms with Gasteiger partial charge < -0.3 is 0 Å². The van der Waals surface area contributed by atoms with Crippen LogP contribution in [0.5, 0.6) is 0 Å². The molecule has 0 saturated heterocycles. The summed E-state index contributed by atoms with van der Waals surface area (Å²) in [6.45, 7) is 0. The maximum atomic E-state index is 12.7. The van der Waals surface area contributed by atoms with Crippen LogP contribution in [0.4, 0.5) is 0 Å². The molecule has 0 bridgehead atoms. The number of nitrogens with zero attached hydrogens (tertiary/aromatic N) is 2. The molecule has 0 radical (unpaired) electrons. The molecule has 0 N–H and O–H groups in total. The molecule has 0 aliphatic carbocycles. The molecule has 122 valence electrons. The zero-order chi connectivity index (χ0) is 17.6. The number of benzene rings is 2. The van der Waals surface area contributed by atoms with Gasteiger partial charge >= 0.3 is 0 Å². The number of ketones is 1. The fraction of sp³-hybridized carbons (Fsp3) is 0.0500. The third-order valence-electron chi connectivity index (χ3n) is 3.38. The molecule has 0 amide bonds. The number of hydrogen-bond donors (Lipinski definition) is 0. The van der Waals surface area contributed by atoms with Crippen LogP contribution in [0.1, 0.15) is 27.3 Å². The largest absolute Gasteiger partial charge is 0.288 e. The van der Waals surface area contributed by atoms with Gasteiger partial charge in [-0.05, 0) is 24.3 Å². The van der Waals surface area contributed by atoms with Crippen LogP contribution in [0.3, 0.4) is 0 Å². The summed E-state index contributed by atoms with van der Waals surface area (Å²) in [5, 5.41) is 0.636. The molecule has 0 aliphatic heterocycles. The fourth-order valence-electron chi connectivity index (χ4n) is 2.19. The van der Waals surface area contributed by atoms with Crippen molar-refractivity contribution in [1.29, 1.82) is 0 Å². The van der Waals surface area contributed by atoms with Gasteiger partial charge in [0.2, 0.25) is 5.82 Å². The predicted octanol–water partition coefficient (Wildman–Crippen LogP) is 4.48. The van der Waals surface area contributed by atoms with E-state index in [0.29, 0.717) is 22.0 Å². The lowest BCUT2D eigenvalue weighted by atomic mass is 10.1. The zero-order valence-electron chi connectivity index (χ0n) is 13.4. The molecule has 3 rings (SSSR count). The maximum Gasteiger partial charge on any atom is 0.207 e. The minimum absolute atomic E-state index is 0.116. The van der Waals surface area contributed by atoms with Crippen molar-refractivity contribution in [3.63, 3.8) is 0 Å². The zero-order valence-corrected chi connectivity index (χ0v) is 14.9. The van der Waals surface area contributed by atoms with Crippen LogP contribution in [-0.2, 0) is 0 Å². The quantitative estimate of drug-likeness (QED) is 0.297. The van der Waals surface area contributed by atoms with E-state index in [2.05, 4.69) is 21.8 Å². The summed E-state index contributed by atoms with van der Waals surface area (Å²) in [6.07, 6.45) is 1.84. The summed E-state index contributed by atoms with van der Waals surface area (Å²) in [7, 11) is 0. The molecule has 3 nitrogen and oxygen atoms in total. The summed E-state index contributed by atoms with van der Waals surface area (Å²) in [6, 6.07) is 18.5. The minimum Gasteiger partial charge on any atom is -0.288 e. The summed E-state index contributed by atoms with van der Waals surface area (Å²) in [5.74, 6) is 5.99. The smallest absolute Gasteiger partial charge is 0.207 e. The number of hydrogen-bond acceptors (Lipinski definition) is 4. The van der Waals surface area contributed by atoms with Crippen LogP contribution < -0.4 is 0 Å². The Morgan fingerprint density at radius 1 is 0.960 bits per heavy atom. The third-order valence-corrected chi connectivity index (χ3v) is 4.34. The van der Waals surface area contributed by atoms with Gasteiger partial charge in [-0.2, -0.15) is 0 Å². The molecule has 0 atom stereocenters. The van der Waals surface area contributed by atoms with Crippen LogP contribution in [-0.4, -0.2) is 22.0 Å². The Bertz CT molecular complexity index is 963. The second-order valence-electron chi connectivity index (χ2n) is 5.03. The SMILES string of the molecule is CSc1nc(C#Cc2ccccc2)nc(Cl)c1C(=O)c1ccccc1. The Morgan fingerprint density at radius 3 is 2.24 bits per heavy atom. The van der Waals surface area contributed by atoms with Crippen molar-refractivity contribution in [2.75, 3.05) is 6.26 Å². The molecule has 1 heterocycles. The molecule has 0 saturated carbocycles. The molecule has 5 heteroatoms. The van der Waals surface area contributed by atoms with E-state index in [1.807, 2.05) is 42.7 Å².